The number of hydrogen-bond acceptors (Lipinski definition) is 13. The van der Waals surface area contributed by atoms with Crippen LogP contribution >= 0.6 is 11.6 Å². The standard InChI is InChI=1S/C48H53ClN10O7S/c1-48(2)13-11-33(40(24-48)31-3-5-34(49)6-4-31)27-55-15-17-56(18-16-55)35-7-9-39(43(22-35)58-44-21-32-12-14-50-46(32)53-42(44)26-52-58)47(60)54-67(63,64)38-8-10-41(45(23-38)59(61)62)51-25-37-28-57(19-20-66-37)36-29-65-30-36/h3-10,12,14,21-23,26,36-37,51H,11,13,15-20,24-25,27-30H2,1-2H3,(H,50,53)(H,54,60). The molecule has 3 aliphatic heterocycles. The number of nitrogens with one attached hydrogen (secondary N) is 3. The van der Waals surface area contributed by atoms with E-state index in [-0.39, 0.29) is 29.3 Å². The molecule has 3 saturated heterocycles. The SMILES string of the molecule is CC1(C)CCC(CN2CCN(c3ccc(C(=O)NS(=O)(=O)c4ccc(NCC5CN(C6COC6)CCO5)c([N+](=O)[O-])c4)c(-n4ncc5nc6[nH]ccc6cc54)c3)CC2)=C(c2ccc(Cl)cc2)C1. The predicted molar refractivity (Wildman–Crippen MR) is 258 cm³/mol. The summed E-state index contributed by atoms with van der Waals surface area (Å²) in [4.78, 5) is 40.4. The summed E-state index contributed by atoms with van der Waals surface area (Å²) in [6.45, 7) is 12.2. The van der Waals surface area contributed by atoms with Gasteiger partial charge in [0.2, 0.25) is 0 Å². The first-order valence-electron chi connectivity index (χ1n) is 22.7. The minimum Gasteiger partial charge on any atom is -0.378 e. The van der Waals surface area contributed by atoms with Gasteiger partial charge in [0.05, 0.1) is 64.7 Å². The molecule has 10 rings (SSSR count). The molecule has 0 bridgehead atoms. The van der Waals surface area contributed by atoms with Crippen LogP contribution < -0.4 is 14.9 Å². The molecule has 6 aromatic rings. The summed E-state index contributed by atoms with van der Waals surface area (Å²) in [5.41, 5.74) is 7.12. The molecule has 1 aliphatic carbocycles. The molecule has 3 aromatic heterocycles. The molecular formula is C48H53ClN10O7S. The molecule has 0 saturated carbocycles. The molecule has 350 valence electrons. The number of amides is 1. The van der Waals surface area contributed by atoms with E-state index in [1.165, 1.54) is 28.8 Å². The number of allylic oxidation sites excluding steroid dienone is 1. The Balaban J connectivity index is 0.889. The maximum absolute atomic E-state index is 14.3. The van der Waals surface area contributed by atoms with Crippen LogP contribution in [-0.2, 0) is 19.5 Å². The number of carbonyl (C=O) groups excluding carboxylic acids is 1. The number of aromatic nitrogens is 4. The number of pyridine rings is 1. The predicted octanol–water partition coefficient (Wildman–Crippen LogP) is 6.88. The van der Waals surface area contributed by atoms with E-state index in [0.717, 1.165) is 80.7 Å². The van der Waals surface area contributed by atoms with Gasteiger partial charge in [0.1, 0.15) is 16.9 Å². The molecule has 67 heavy (non-hydrogen) atoms. The quantitative estimate of drug-likeness (QED) is 0.0803. The van der Waals surface area contributed by atoms with Crippen molar-refractivity contribution in [2.75, 3.05) is 82.4 Å². The highest BCUT2D eigenvalue weighted by Crippen LogP contribution is 2.43. The number of anilines is 2. The Bertz CT molecular complexity index is 3000. The highest BCUT2D eigenvalue weighted by atomic mass is 35.5. The van der Waals surface area contributed by atoms with Gasteiger partial charge in [0.25, 0.3) is 21.6 Å². The third kappa shape index (κ3) is 9.51. The number of morpholine rings is 1. The van der Waals surface area contributed by atoms with Gasteiger partial charge in [-0.3, -0.25) is 24.7 Å². The highest BCUT2D eigenvalue weighted by Gasteiger charge is 2.33. The molecule has 6 heterocycles. The van der Waals surface area contributed by atoms with E-state index in [2.05, 4.69) is 60.8 Å². The fraction of sp³-hybridized carbons (Fsp3) is 0.396. The van der Waals surface area contributed by atoms with Gasteiger partial charge in [-0.2, -0.15) is 5.10 Å². The lowest BCUT2D eigenvalue weighted by Crippen LogP contribution is -2.56. The Hall–Kier alpha value is -5.89. The molecule has 1 unspecified atom stereocenters. The number of benzene rings is 3. The van der Waals surface area contributed by atoms with Crippen molar-refractivity contribution in [1.29, 1.82) is 0 Å². The van der Waals surface area contributed by atoms with E-state index in [1.54, 1.807) is 23.1 Å². The lowest BCUT2D eigenvalue weighted by Gasteiger charge is -2.42. The zero-order chi connectivity index (χ0) is 46.5. The maximum atomic E-state index is 14.3. The second kappa shape index (κ2) is 18.3. The van der Waals surface area contributed by atoms with Gasteiger partial charge in [-0.05, 0) is 90.4 Å². The molecular weight excluding hydrogens is 896 g/mol. The zero-order valence-electron chi connectivity index (χ0n) is 37.4. The van der Waals surface area contributed by atoms with Crippen LogP contribution in [0.1, 0.15) is 49.0 Å². The molecule has 17 nitrogen and oxygen atoms in total. The Kier molecular flexibility index (Phi) is 12.3. The normalized spacial score (nSPS) is 19.7. The third-order valence-electron chi connectivity index (χ3n) is 13.6. The lowest BCUT2D eigenvalue weighted by molar-refractivity contribution is -0.384. The highest BCUT2D eigenvalue weighted by molar-refractivity contribution is 7.90. The van der Waals surface area contributed by atoms with E-state index in [4.69, 9.17) is 26.1 Å². The van der Waals surface area contributed by atoms with Gasteiger partial charge < -0.3 is 24.7 Å². The van der Waals surface area contributed by atoms with E-state index >= 15 is 0 Å². The van der Waals surface area contributed by atoms with Crippen molar-refractivity contribution in [3.63, 3.8) is 0 Å². The Morgan fingerprint density at radius 1 is 1.01 bits per heavy atom. The van der Waals surface area contributed by atoms with Gasteiger partial charge >= 0.3 is 0 Å². The summed E-state index contributed by atoms with van der Waals surface area (Å²) in [6.07, 6.45) is 6.35. The maximum Gasteiger partial charge on any atom is 0.293 e. The Morgan fingerprint density at radius 3 is 2.58 bits per heavy atom. The second-order valence-electron chi connectivity index (χ2n) is 18.7. The molecule has 1 atom stereocenters. The first kappa shape index (κ1) is 44.9. The topological polar surface area (TPSA) is 193 Å². The molecule has 4 aliphatic rings. The van der Waals surface area contributed by atoms with Crippen LogP contribution in [0.3, 0.4) is 0 Å². The number of sulfonamides is 1. The van der Waals surface area contributed by atoms with Gasteiger partial charge in [-0.15, -0.1) is 0 Å². The minimum absolute atomic E-state index is 0.0368. The number of nitro benzene ring substituents is 1. The fourth-order valence-corrected chi connectivity index (χ4v) is 10.8. The largest absolute Gasteiger partial charge is 0.378 e. The van der Waals surface area contributed by atoms with Crippen LogP contribution in [0.25, 0.3) is 33.3 Å². The van der Waals surface area contributed by atoms with Crippen molar-refractivity contribution < 1.29 is 27.6 Å². The van der Waals surface area contributed by atoms with Gasteiger partial charge in [-0.1, -0.05) is 43.2 Å². The van der Waals surface area contributed by atoms with Crippen molar-refractivity contribution in [2.24, 2.45) is 5.41 Å². The number of ether oxygens (including phenoxy) is 2. The fourth-order valence-electron chi connectivity index (χ4n) is 9.67. The Labute approximate surface area is 393 Å². The van der Waals surface area contributed by atoms with Crippen LogP contribution in [-0.4, -0.2) is 133 Å². The van der Waals surface area contributed by atoms with E-state index < -0.39 is 31.4 Å². The number of nitro groups is 1. The number of fused-ring (bicyclic) bond motifs is 2. The van der Waals surface area contributed by atoms with E-state index in [0.29, 0.717) is 54.8 Å². The number of carbonyl (C=O) groups is 1. The number of nitrogens with zero attached hydrogens (tertiary/aromatic N) is 7. The van der Waals surface area contributed by atoms with E-state index in [9.17, 15) is 23.3 Å². The van der Waals surface area contributed by atoms with Crippen molar-refractivity contribution in [3.8, 4) is 5.69 Å². The van der Waals surface area contributed by atoms with Crippen LogP contribution in [0.5, 0.6) is 0 Å². The molecule has 3 fully saturated rings. The monoisotopic (exact) mass is 948 g/mol. The van der Waals surface area contributed by atoms with Crippen molar-refractivity contribution >= 4 is 72.2 Å². The molecule has 19 heteroatoms. The third-order valence-corrected chi connectivity index (χ3v) is 15.2. The van der Waals surface area contributed by atoms with Crippen LogP contribution in [0.4, 0.5) is 17.1 Å². The summed E-state index contributed by atoms with van der Waals surface area (Å²) in [5.74, 6) is -0.924. The van der Waals surface area contributed by atoms with Crippen LogP contribution in [0, 0.1) is 15.5 Å². The average molecular weight is 950 g/mol. The van der Waals surface area contributed by atoms with Gasteiger partial charge in [-0.25, -0.2) is 22.8 Å². The Morgan fingerprint density at radius 2 is 1.82 bits per heavy atom. The van der Waals surface area contributed by atoms with Crippen molar-refractivity contribution in [1.82, 2.24) is 34.3 Å². The molecule has 0 spiro atoms. The summed E-state index contributed by atoms with van der Waals surface area (Å²) < 4.78 is 42.9. The number of hydrogen-bond donors (Lipinski definition) is 3. The smallest absolute Gasteiger partial charge is 0.293 e. The van der Waals surface area contributed by atoms with Crippen LogP contribution in [0.15, 0.2) is 95.7 Å². The van der Waals surface area contributed by atoms with Crippen molar-refractivity contribution in [3.05, 3.63) is 117 Å². The van der Waals surface area contributed by atoms with Crippen LogP contribution in [0.2, 0.25) is 5.02 Å². The first-order chi connectivity index (χ1) is 32.3. The summed E-state index contributed by atoms with van der Waals surface area (Å²) in [6, 6.07) is 21.2. The molecule has 1 amide bonds. The number of H-pyrrole nitrogens is 1. The number of rotatable bonds is 13. The minimum atomic E-state index is -4.60. The average Bonchev–Trinajstić information content (AvgIpc) is 3.94. The van der Waals surface area contributed by atoms with Gasteiger partial charge in [0.15, 0.2) is 0 Å². The van der Waals surface area contributed by atoms with E-state index in [1.807, 2.05) is 36.4 Å². The van der Waals surface area contributed by atoms with Gasteiger partial charge in [0, 0.05) is 80.7 Å². The summed E-state index contributed by atoms with van der Waals surface area (Å²) in [7, 11) is -4.60. The molecule has 0 radical (unpaired) electrons. The zero-order valence-corrected chi connectivity index (χ0v) is 39.0. The first-order valence-corrected chi connectivity index (χ1v) is 24.6. The summed E-state index contributed by atoms with van der Waals surface area (Å²) in [5, 5.41) is 21.6. The lowest BCUT2D eigenvalue weighted by atomic mass is 9.72. The number of piperazine rings is 1. The second-order valence-corrected chi connectivity index (χ2v) is 20.8. The summed E-state index contributed by atoms with van der Waals surface area (Å²) >= 11 is 6.26. The van der Waals surface area contributed by atoms with Crippen molar-refractivity contribution in [2.45, 2.75) is 50.2 Å². The number of halogens is 1. The number of aromatic amines is 1. The molecule has 3 N–H and O–H groups in total. The molecule has 3 aromatic carbocycles.